The number of rotatable bonds is 4. The fourth-order valence-corrected chi connectivity index (χ4v) is 1.70. The Morgan fingerprint density at radius 3 is 2.37 bits per heavy atom. The number of aryl methyl sites for hydroxylation is 1. The minimum atomic E-state index is -0.976. The molecular weight excluding hydrogens is 254 g/mol. The van der Waals surface area contributed by atoms with Gasteiger partial charge in [-0.1, -0.05) is 6.92 Å². The molecule has 2 rings (SSSR count). The van der Waals surface area contributed by atoms with Crippen molar-refractivity contribution in [1.82, 2.24) is 0 Å². The molecule has 1 aromatic carbocycles. The molecule has 19 heavy (non-hydrogen) atoms. The number of carbonyl (C=O) groups is 1. The summed E-state index contributed by atoms with van der Waals surface area (Å²) >= 11 is 0. The number of halogens is 2. The topological polar surface area (TPSA) is 39.4 Å². The fraction of sp³-hybridized carbons (Fsp3) is 0.214. The zero-order valence-electron chi connectivity index (χ0n) is 10.5. The van der Waals surface area contributed by atoms with Gasteiger partial charge < -0.3 is 9.15 Å². The molecule has 0 saturated heterocycles. The maximum absolute atomic E-state index is 13.7. The third kappa shape index (κ3) is 2.50. The van der Waals surface area contributed by atoms with E-state index in [2.05, 4.69) is 0 Å². The zero-order chi connectivity index (χ0) is 14.0. The summed E-state index contributed by atoms with van der Waals surface area (Å²) in [7, 11) is 1.29. The number of hydrogen-bond acceptors (Lipinski definition) is 3. The predicted octanol–water partition coefficient (Wildman–Crippen LogP) is 3.36. The lowest BCUT2D eigenvalue weighted by atomic mass is 10.1. The predicted molar refractivity (Wildman–Crippen MR) is 64.4 cm³/mol. The monoisotopic (exact) mass is 266 g/mol. The van der Waals surface area contributed by atoms with E-state index in [1.807, 2.05) is 6.92 Å². The van der Waals surface area contributed by atoms with Gasteiger partial charge in [-0.05, 0) is 12.1 Å². The molecule has 1 heterocycles. The van der Waals surface area contributed by atoms with Crippen LogP contribution in [0.15, 0.2) is 28.7 Å². The van der Waals surface area contributed by atoms with E-state index in [9.17, 15) is 13.6 Å². The van der Waals surface area contributed by atoms with E-state index in [4.69, 9.17) is 9.15 Å². The van der Waals surface area contributed by atoms with Crippen LogP contribution in [-0.2, 0) is 6.42 Å². The van der Waals surface area contributed by atoms with Crippen LogP contribution in [0.2, 0.25) is 0 Å². The van der Waals surface area contributed by atoms with E-state index < -0.39 is 23.0 Å². The van der Waals surface area contributed by atoms with Gasteiger partial charge >= 0.3 is 0 Å². The molecular formula is C14H12F2O3. The third-order valence-electron chi connectivity index (χ3n) is 2.71. The number of benzene rings is 1. The lowest BCUT2D eigenvalue weighted by Crippen LogP contribution is -2.07. The first-order chi connectivity index (χ1) is 9.06. The molecule has 0 radical (unpaired) electrons. The van der Waals surface area contributed by atoms with Crippen LogP contribution in [0, 0.1) is 11.6 Å². The van der Waals surface area contributed by atoms with Gasteiger partial charge in [0.25, 0.3) is 0 Å². The Hall–Kier alpha value is -2.17. The molecule has 5 heteroatoms. The summed E-state index contributed by atoms with van der Waals surface area (Å²) in [5, 5.41) is 0. The summed E-state index contributed by atoms with van der Waals surface area (Å²) in [5.41, 5.74) is -0.641. The molecule has 0 aliphatic carbocycles. The molecule has 0 fully saturated rings. The molecule has 1 aromatic heterocycles. The molecule has 0 aliphatic rings. The Morgan fingerprint density at radius 2 is 1.89 bits per heavy atom. The van der Waals surface area contributed by atoms with Gasteiger partial charge in [-0.3, -0.25) is 4.79 Å². The summed E-state index contributed by atoms with van der Waals surface area (Å²) in [6, 6.07) is 4.93. The van der Waals surface area contributed by atoms with Crippen LogP contribution in [-0.4, -0.2) is 12.9 Å². The molecule has 0 spiro atoms. The third-order valence-corrected chi connectivity index (χ3v) is 2.71. The number of hydrogen-bond donors (Lipinski definition) is 0. The van der Waals surface area contributed by atoms with Gasteiger partial charge in [0.2, 0.25) is 5.78 Å². The summed E-state index contributed by atoms with van der Waals surface area (Å²) in [5.74, 6) is -2.26. The normalized spacial score (nSPS) is 10.5. The van der Waals surface area contributed by atoms with E-state index in [0.29, 0.717) is 12.2 Å². The molecule has 0 amide bonds. The highest BCUT2D eigenvalue weighted by Crippen LogP contribution is 2.23. The Kier molecular flexibility index (Phi) is 3.64. The standard InChI is InChI=1S/C14H12F2O3/c1-3-8-4-5-12(19-8)14(17)13-10(15)6-9(18-2)7-11(13)16/h4-7H,3H2,1-2H3. The van der Waals surface area contributed by atoms with Gasteiger partial charge in [-0.2, -0.15) is 0 Å². The second-order valence-corrected chi connectivity index (χ2v) is 3.91. The molecule has 0 atom stereocenters. The second kappa shape index (κ2) is 5.22. The number of ether oxygens (including phenoxy) is 1. The highest BCUT2D eigenvalue weighted by molar-refractivity contribution is 6.07. The summed E-state index contributed by atoms with van der Waals surface area (Å²) in [6.45, 7) is 1.85. The van der Waals surface area contributed by atoms with E-state index in [1.165, 1.54) is 13.2 Å². The van der Waals surface area contributed by atoms with Gasteiger partial charge in [0.15, 0.2) is 5.76 Å². The van der Waals surface area contributed by atoms with E-state index in [1.54, 1.807) is 6.07 Å². The highest BCUT2D eigenvalue weighted by atomic mass is 19.1. The average Bonchev–Trinajstić information content (AvgIpc) is 2.86. The van der Waals surface area contributed by atoms with Crippen LogP contribution in [0.25, 0.3) is 0 Å². The van der Waals surface area contributed by atoms with E-state index >= 15 is 0 Å². The van der Waals surface area contributed by atoms with Crippen LogP contribution in [0.3, 0.4) is 0 Å². The SMILES string of the molecule is CCc1ccc(C(=O)c2c(F)cc(OC)cc2F)o1. The largest absolute Gasteiger partial charge is 0.497 e. The van der Waals surface area contributed by atoms with Crippen LogP contribution < -0.4 is 4.74 Å². The summed E-state index contributed by atoms with van der Waals surface area (Å²) in [4.78, 5) is 12.0. The van der Waals surface area contributed by atoms with Gasteiger partial charge in [0.05, 0.1) is 12.7 Å². The molecule has 100 valence electrons. The van der Waals surface area contributed by atoms with Crippen molar-refractivity contribution in [2.75, 3.05) is 7.11 Å². The fourth-order valence-electron chi connectivity index (χ4n) is 1.70. The first kappa shape index (κ1) is 13.3. The van der Waals surface area contributed by atoms with Gasteiger partial charge in [-0.15, -0.1) is 0 Å². The van der Waals surface area contributed by atoms with Crippen molar-refractivity contribution in [3.63, 3.8) is 0 Å². The lowest BCUT2D eigenvalue weighted by molar-refractivity contribution is 0.0999. The van der Waals surface area contributed by atoms with Crippen LogP contribution in [0.5, 0.6) is 5.75 Å². The molecule has 0 N–H and O–H groups in total. The molecule has 0 unspecified atom stereocenters. The molecule has 0 bridgehead atoms. The number of methoxy groups -OCH3 is 1. The van der Waals surface area contributed by atoms with Crippen molar-refractivity contribution >= 4 is 5.78 Å². The van der Waals surface area contributed by atoms with Crippen LogP contribution in [0.4, 0.5) is 8.78 Å². The lowest BCUT2D eigenvalue weighted by Gasteiger charge is -2.05. The van der Waals surface area contributed by atoms with Crippen molar-refractivity contribution in [3.8, 4) is 5.75 Å². The quantitative estimate of drug-likeness (QED) is 0.796. The minimum absolute atomic E-state index is 0.0141. The van der Waals surface area contributed by atoms with Crippen molar-refractivity contribution < 1.29 is 22.7 Å². The molecule has 3 nitrogen and oxygen atoms in total. The Bertz CT molecular complexity index is 594. The van der Waals surface area contributed by atoms with Gasteiger partial charge in [0.1, 0.15) is 23.1 Å². The number of ketones is 1. The van der Waals surface area contributed by atoms with Crippen molar-refractivity contribution in [3.05, 3.63) is 53.0 Å². The molecule has 2 aromatic rings. The zero-order valence-corrected chi connectivity index (χ0v) is 10.5. The number of furan rings is 1. The Balaban J connectivity index is 2.44. The smallest absolute Gasteiger partial charge is 0.234 e. The summed E-state index contributed by atoms with van der Waals surface area (Å²) in [6.07, 6.45) is 0.598. The Morgan fingerprint density at radius 1 is 1.26 bits per heavy atom. The minimum Gasteiger partial charge on any atom is -0.497 e. The average molecular weight is 266 g/mol. The second-order valence-electron chi connectivity index (χ2n) is 3.91. The maximum Gasteiger partial charge on any atom is 0.234 e. The summed E-state index contributed by atoms with van der Waals surface area (Å²) < 4.78 is 37.4. The van der Waals surface area contributed by atoms with Gasteiger partial charge in [0, 0.05) is 18.6 Å². The Labute approximate surface area is 108 Å². The number of carbonyl (C=O) groups excluding carboxylic acids is 1. The first-order valence-corrected chi connectivity index (χ1v) is 5.73. The van der Waals surface area contributed by atoms with Crippen molar-refractivity contribution in [2.24, 2.45) is 0 Å². The molecule has 0 saturated carbocycles. The van der Waals surface area contributed by atoms with Crippen LogP contribution >= 0.6 is 0 Å². The van der Waals surface area contributed by atoms with Crippen molar-refractivity contribution in [2.45, 2.75) is 13.3 Å². The van der Waals surface area contributed by atoms with Crippen molar-refractivity contribution in [1.29, 1.82) is 0 Å². The maximum atomic E-state index is 13.7. The van der Waals surface area contributed by atoms with Crippen LogP contribution in [0.1, 0.15) is 28.8 Å². The first-order valence-electron chi connectivity index (χ1n) is 5.73. The van der Waals surface area contributed by atoms with E-state index in [-0.39, 0.29) is 11.5 Å². The molecule has 0 aliphatic heterocycles. The van der Waals surface area contributed by atoms with Gasteiger partial charge in [-0.25, -0.2) is 8.78 Å². The van der Waals surface area contributed by atoms with E-state index in [0.717, 1.165) is 12.1 Å². The highest BCUT2D eigenvalue weighted by Gasteiger charge is 2.23.